The number of rotatable bonds is 4. The summed E-state index contributed by atoms with van der Waals surface area (Å²) in [5, 5.41) is 14.2. The SMILES string of the molecule is CCc1c(C)c(C#N)c2nc3ccccc3n2c1N/N=C\c1cnc2ccccc2n1. The number of para-hydroxylation sites is 4. The van der Waals surface area contributed by atoms with Crippen LogP contribution < -0.4 is 5.43 Å². The first-order chi connectivity index (χ1) is 15.2. The quantitative estimate of drug-likeness (QED) is 0.348. The lowest BCUT2D eigenvalue weighted by atomic mass is 10.0. The van der Waals surface area contributed by atoms with Crippen molar-refractivity contribution in [1.82, 2.24) is 19.4 Å². The molecule has 150 valence electrons. The molecule has 31 heavy (non-hydrogen) atoms. The van der Waals surface area contributed by atoms with Crippen molar-refractivity contribution in [3.8, 4) is 6.07 Å². The maximum Gasteiger partial charge on any atom is 0.157 e. The highest BCUT2D eigenvalue weighted by molar-refractivity contribution is 5.87. The van der Waals surface area contributed by atoms with E-state index in [9.17, 15) is 5.26 Å². The number of nitriles is 1. The van der Waals surface area contributed by atoms with Gasteiger partial charge in [0.1, 0.15) is 17.6 Å². The van der Waals surface area contributed by atoms with Gasteiger partial charge < -0.3 is 0 Å². The van der Waals surface area contributed by atoms with Gasteiger partial charge in [-0.3, -0.25) is 14.8 Å². The fraction of sp³-hybridized carbons (Fsp3) is 0.125. The Kier molecular flexibility index (Phi) is 4.53. The van der Waals surface area contributed by atoms with Gasteiger partial charge in [-0.1, -0.05) is 31.2 Å². The molecule has 7 heteroatoms. The molecular formula is C24H19N7. The van der Waals surface area contributed by atoms with Crippen LogP contribution in [-0.4, -0.2) is 25.6 Å². The third kappa shape index (κ3) is 3.06. The van der Waals surface area contributed by atoms with Crippen molar-refractivity contribution in [3.05, 3.63) is 77.1 Å². The van der Waals surface area contributed by atoms with Gasteiger partial charge in [0.2, 0.25) is 0 Å². The summed E-state index contributed by atoms with van der Waals surface area (Å²) in [6.45, 7) is 4.03. The van der Waals surface area contributed by atoms with Crippen LogP contribution in [0.1, 0.15) is 29.3 Å². The van der Waals surface area contributed by atoms with Gasteiger partial charge in [0, 0.05) is 0 Å². The van der Waals surface area contributed by atoms with Crippen LogP contribution in [0.15, 0.2) is 59.8 Å². The summed E-state index contributed by atoms with van der Waals surface area (Å²) in [6.07, 6.45) is 4.09. The number of hydrazone groups is 1. The van der Waals surface area contributed by atoms with E-state index in [0.29, 0.717) is 16.9 Å². The molecule has 0 unspecified atom stereocenters. The molecule has 0 amide bonds. The summed E-state index contributed by atoms with van der Waals surface area (Å²) in [7, 11) is 0. The van der Waals surface area contributed by atoms with Gasteiger partial charge in [0.25, 0.3) is 0 Å². The molecule has 0 aliphatic rings. The number of fused-ring (bicyclic) bond motifs is 4. The maximum atomic E-state index is 9.80. The molecule has 0 spiro atoms. The minimum atomic E-state index is 0.586. The van der Waals surface area contributed by atoms with Crippen LogP contribution in [0.2, 0.25) is 0 Å². The number of hydrogen-bond acceptors (Lipinski definition) is 6. The number of nitrogens with zero attached hydrogens (tertiary/aromatic N) is 6. The summed E-state index contributed by atoms with van der Waals surface area (Å²) in [5.41, 5.74) is 10.4. The minimum absolute atomic E-state index is 0.586. The van der Waals surface area contributed by atoms with Crippen LogP contribution in [0.5, 0.6) is 0 Å². The lowest BCUT2D eigenvalue weighted by Gasteiger charge is -2.15. The molecule has 3 aromatic heterocycles. The molecule has 0 fully saturated rings. The van der Waals surface area contributed by atoms with Crippen LogP contribution in [0.4, 0.5) is 5.82 Å². The van der Waals surface area contributed by atoms with Gasteiger partial charge in [-0.25, -0.2) is 9.97 Å². The van der Waals surface area contributed by atoms with E-state index in [1.165, 1.54) is 0 Å². The first kappa shape index (κ1) is 18.7. The highest BCUT2D eigenvalue weighted by Gasteiger charge is 2.19. The lowest BCUT2D eigenvalue weighted by Crippen LogP contribution is -2.07. The summed E-state index contributed by atoms with van der Waals surface area (Å²) < 4.78 is 1.98. The Balaban J connectivity index is 1.64. The number of nitrogens with one attached hydrogen (secondary N) is 1. The van der Waals surface area contributed by atoms with Crippen molar-refractivity contribution in [2.24, 2.45) is 5.10 Å². The average molecular weight is 405 g/mol. The Labute approximate surface area is 178 Å². The van der Waals surface area contributed by atoms with Crippen molar-refractivity contribution < 1.29 is 0 Å². The van der Waals surface area contributed by atoms with Gasteiger partial charge in [-0.05, 0) is 48.7 Å². The molecule has 1 N–H and O–H groups in total. The molecule has 3 heterocycles. The molecule has 0 radical (unpaired) electrons. The average Bonchev–Trinajstić information content (AvgIpc) is 3.18. The fourth-order valence-electron chi connectivity index (χ4n) is 3.93. The van der Waals surface area contributed by atoms with Gasteiger partial charge in [0.15, 0.2) is 5.65 Å². The molecule has 0 atom stereocenters. The molecule has 2 aromatic carbocycles. The number of pyridine rings is 1. The minimum Gasteiger partial charge on any atom is -0.276 e. The van der Waals surface area contributed by atoms with E-state index >= 15 is 0 Å². The normalized spacial score (nSPS) is 11.5. The molecule has 0 saturated carbocycles. The number of hydrogen-bond donors (Lipinski definition) is 1. The van der Waals surface area contributed by atoms with E-state index < -0.39 is 0 Å². The maximum absolute atomic E-state index is 9.80. The van der Waals surface area contributed by atoms with Crippen LogP contribution in [0.25, 0.3) is 27.7 Å². The van der Waals surface area contributed by atoms with Crippen LogP contribution >= 0.6 is 0 Å². The second kappa shape index (κ2) is 7.50. The lowest BCUT2D eigenvalue weighted by molar-refractivity contribution is 1.04. The molecule has 5 rings (SSSR count). The fourth-order valence-corrected chi connectivity index (χ4v) is 3.93. The second-order valence-electron chi connectivity index (χ2n) is 7.21. The topological polar surface area (TPSA) is 91.3 Å². The molecule has 7 nitrogen and oxygen atoms in total. The Morgan fingerprint density at radius 3 is 2.58 bits per heavy atom. The van der Waals surface area contributed by atoms with E-state index in [-0.39, 0.29) is 0 Å². The second-order valence-corrected chi connectivity index (χ2v) is 7.21. The smallest absolute Gasteiger partial charge is 0.157 e. The zero-order valence-electron chi connectivity index (χ0n) is 17.2. The Bertz CT molecular complexity index is 1520. The largest absolute Gasteiger partial charge is 0.276 e. The number of aromatic nitrogens is 4. The number of benzene rings is 2. The van der Waals surface area contributed by atoms with E-state index in [0.717, 1.165) is 45.4 Å². The Hall–Kier alpha value is -4.31. The first-order valence-electron chi connectivity index (χ1n) is 10.0. The highest BCUT2D eigenvalue weighted by atomic mass is 15.3. The molecule has 0 aliphatic heterocycles. The Morgan fingerprint density at radius 1 is 1.06 bits per heavy atom. The van der Waals surface area contributed by atoms with Gasteiger partial charge in [0.05, 0.1) is 40.0 Å². The zero-order chi connectivity index (χ0) is 21.4. The zero-order valence-corrected chi connectivity index (χ0v) is 17.2. The third-order valence-corrected chi connectivity index (χ3v) is 5.42. The Morgan fingerprint density at radius 2 is 1.81 bits per heavy atom. The van der Waals surface area contributed by atoms with E-state index in [2.05, 4.69) is 33.5 Å². The van der Waals surface area contributed by atoms with Crippen molar-refractivity contribution >= 4 is 39.7 Å². The summed E-state index contributed by atoms with van der Waals surface area (Å²) in [6, 6.07) is 17.9. The highest BCUT2D eigenvalue weighted by Crippen LogP contribution is 2.31. The summed E-state index contributed by atoms with van der Waals surface area (Å²) >= 11 is 0. The van der Waals surface area contributed by atoms with Crippen molar-refractivity contribution in [2.45, 2.75) is 20.3 Å². The van der Waals surface area contributed by atoms with E-state index in [1.807, 2.05) is 59.9 Å². The molecule has 0 saturated heterocycles. The van der Waals surface area contributed by atoms with Gasteiger partial charge in [-0.2, -0.15) is 10.4 Å². The van der Waals surface area contributed by atoms with Crippen LogP contribution in [-0.2, 0) is 6.42 Å². The van der Waals surface area contributed by atoms with Crippen molar-refractivity contribution in [3.63, 3.8) is 0 Å². The standard InChI is InChI=1S/C24H19N7/c1-3-17-15(2)18(12-25)23-29-21-10-6-7-11-22(21)31(23)24(17)30-27-14-16-13-26-19-8-4-5-9-20(19)28-16/h4-11,13-14,30H,3H2,1-2H3/b27-14-. The van der Waals surface area contributed by atoms with Crippen LogP contribution in [0.3, 0.4) is 0 Å². The third-order valence-electron chi connectivity index (χ3n) is 5.42. The predicted molar refractivity (Wildman–Crippen MR) is 122 cm³/mol. The van der Waals surface area contributed by atoms with Gasteiger partial charge >= 0.3 is 0 Å². The van der Waals surface area contributed by atoms with Crippen LogP contribution in [0, 0.1) is 18.3 Å². The predicted octanol–water partition coefficient (Wildman–Crippen LogP) is 4.62. The molecule has 0 bridgehead atoms. The molecule has 0 aliphatic carbocycles. The van der Waals surface area contributed by atoms with Crippen molar-refractivity contribution in [2.75, 3.05) is 5.43 Å². The molecule has 5 aromatic rings. The van der Waals surface area contributed by atoms with Crippen molar-refractivity contribution in [1.29, 1.82) is 5.26 Å². The van der Waals surface area contributed by atoms with Gasteiger partial charge in [-0.15, -0.1) is 0 Å². The molecular weight excluding hydrogens is 386 g/mol. The monoisotopic (exact) mass is 405 g/mol. The first-order valence-corrected chi connectivity index (χ1v) is 10.0. The van der Waals surface area contributed by atoms with E-state index in [4.69, 9.17) is 4.98 Å². The summed E-state index contributed by atoms with van der Waals surface area (Å²) in [4.78, 5) is 13.7. The number of anilines is 1. The van der Waals surface area contributed by atoms with E-state index in [1.54, 1.807) is 12.4 Å². The number of imidazole rings is 1. The summed E-state index contributed by atoms with van der Waals surface area (Å²) in [5.74, 6) is 0.799.